The summed E-state index contributed by atoms with van der Waals surface area (Å²) in [6.07, 6.45) is 1.06. The predicted octanol–water partition coefficient (Wildman–Crippen LogP) is -0.335. The normalized spacial score (nSPS) is 9.62. The number of hydrogen-bond donors (Lipinski definition) is 1. The molecular weight excluding hydrogens is 174 g/mol. The molecule has 1 aromatic rings. The largest absolute Gasteiger partial charge is 0.348 e. The number of rotatable bonds is 4. The minimum atomic E-state index is -0.336. The van der Waals surface area contributed by atoms with Gasteiger partial charge in [-0.3, -0.25) is 9.59 Å². The van der Waals surface area contributed by atoms with Crippen molar-refractivity contribution in [2.24, 2.45) is 0 Å². The van der Waals surface area contributed by atoms with Crippen LogP contribution in [0.3, 0.4) is 0 Å². The Morgan fingerprint density at radius 1 is 1.62 bits per heavy atom. The zero-order chi connectivity index (χ0) is 9.68. The first-order valence-electron chi connectivity index (χ1n) is 3.70. The lowest BCUT2D eigenvalue weighted by atomic mass is 10.3. The summed E-state index contributed by atoms with van der Waals surface area (Å²) < 4.78 is 4.45. The van der Waals surface area contributed by atoms with Crippen LogP contribution < -0.4 is 5.32 Å². The second kappa shape index (κ2) is 4.34. The molecular formula is C7H9N3O3. The molecule has 0 saturated carbocycles. The van der Waals surface area contributed by atoms with Crippen molar-refractivity contribution in [1.29, 1.82) is 0 Å². The van der Waals surface area contributed by atoms with Crippen molar-refractivity contribution >= 4 is 11.7 Å². The summed E-state index contributed by atoms with van der Waals surface area (Å²) in [7, 11) is 0. The van der Waals surface area contributed by atoms with E-state index in [-0.39, 0.29) is 24.7 Å². The van der Waals surface area contributed by atoms with E-state index in [1.165, 1.54) is 13.3 Å². The third kappa shape index (κ3) is 3.46. The zero-order valence-corrected chi connectivity index (χ0v) is 7.11. The first-order valence-corrected chi connectivity index (χ1v) is 3.70. The first-order chi connectivity index (χ1) is 6.18. The molecule has 6 heteroatoms. The van der Waals surface area contributed by atoms with Crippen LogP contribution in [0.5, 0.6) is 0 Å². The number of Topliss-reactive ketones (excluding diaryl/α,β-unsaturated/α-hetero) is 1. The van der Waals surface area contributed by atoms with Gasteiger partial charge in [0.1, 0.15) is 5.78 Å². The fourth-order valence-electron chi connectivity index (χ4n) is 0.737. The van der Waals surface area contributed by atoms with Crippen LogP contribution in [0.15, 0.2) is 10.9 Å². The Kier molecular flexibility index (Phi) is 3.13. The van der Waals surface area contributed by atoms with Gasteiger partial charge < -0.3 is 9.84 Å². The first kappa shape index (κ1) is 9.37. The zero-order valence-electron chi connectivity index (χ0n) is 7.11. The number of carbonyl (C=O) groups excluding carboxylic acids is 2. The van der Waals surface area contributed by atoms with Gasteiger partial charge in [-0.15, -0.1) is 0 Å². The summed E-state index contributed by atoms with van der Waals surface area (Å²) in [5, 5.41) is 5.95. The lowest BCUT2D eigenvalue weighted by molar-refractivity contribution is -0.127. The lowest BCUT2D eigenvalue weighted by Gasteiger charge is -1.98. The molecule has 1 aromatic heterocycles. The third-order valence-electron chi connectivity index (χ3n) is 1.26. The Hall–Kier alpha value is -1.72. The molecule has 0 saturated heterocycles. The molecule has 70 valence electrons. The van der Waals surface area contributed by atoms with Crippen LogP contribution in [0.2, 0.25) is 0 Å². The number of nitrogens with one attached hydrogen (secondary N) is 1. The number of amides is 1. The molecule has 0 aromatic carbocycles. The summed E-state index contributed by atoms with van der Waals surface area (Å²) >= 11 is 0. The Bertz CT molecular complexity index is 294. The number of aromatic nitrogens is 2. The molecule has 1 heterocycles. The van der Waals surface area contributed by atoms with Gasteiger partial charge in [-0.2, -0.15) is 4.98 Å². The van der Waals surface area contributed by atoms with Gasteiger partial charge in [0.05, 0.1) is 13.0 Å². The van der Waals surface area contributed by atoms with Crippen molar-refractivity contribution in [3.63, 3.8) is 0 Å². The van der Waals surface area contributed by atoms with Crippen molar-refractivity contribution in [3.05, 3.63) is 12.2 Å². The van der Waals surface area contributed by atoms with Gasteiger partial charge in [0.2, 0.25) is 12.3 Å². The van der Waals surface area contributed by atoms with E-state index in [1.54, 1.807) is 0 Å². The topological polar surface area (TPSA) is 85.1 Å². The summed E-state index contributed by atoms with van der Waals surface area (Å²) in [5.41, 5.74) is 0. The Labute approximate surface area is 74.3 Å². The average molecular weight is 183 g/mol. The molecule has 0 unspecified atom stereocenters. The van der Waals surface area contributed by atoms with E-state index in [1.807, 2.05) is 0 Å². The van der Waals surface area contributed by atoms with Crippen molar-refractivity contribution in [2.45, 2.75) is 19.9 Å². The van der Waals surface area contributed by atoms with Gasteiger partial charge in [0.25, 0.3) is 0 Å². The molecule has 0 spiro atoms. The van der Waals surface area contributed by atoms with E-state index in [0.717, 1.165) is 0 Å². The van der Waals surface area contributed by atoms with Crippen LogP contribution in [0.1, 0.15) is 19.2 Å². The van der Waals surface area contributed by atoms with Crippen LogP contribution >= 0.6 is 0 Å². The van der Waals surface area contributed by atoms with E-state index in [0.29, 0.717) is 5.82 Å². The molecule has 0 aliphatic carbocycles. The maximum absolute atomic E-state index is 10.9. The second-order valence-electron chi connectivity index (χ2n) is 2.50. The second-order valence-corrected chi connectivity index (χ2v) is 2.50. The van der Waals surface area contributed by atoms with Gasteiger partial charge >= 0.3 is 0 Å². The molecule has 13 heavy (non-hydrogen) atoms. The highest BCUT2D eigenvalue weighted by Gasteiger charge is 2.05. The standard InChI is InChI=1S/C7H9N3O3/c1-5(11)2-7(12)8-3-6-9-4-13-10-6/h4H,2-3H2,1H3,(H,8,12). The highest BCUT2D eigenvalue weighted by atomic mass is 16.5. The molecule has 0 aliphatic heterocycles. The van der Waals surface area contributed by atoms with E-state index < -0.39 is 0 Å². The maximum Gasteiger partial charge on any atom is 0.227 e. The molecule has 6 nitrogen and oxygen atoms in total. The van der Waals surface area contributed by atoms with Gasteiger partial charge in [0, 0.05) is 0 Å². The van der Waals surface area contributed by atoms with Crippen LogP contribution in [0, 0.1) is 0 Å². The SMILES string of the molecule is CC(=O)CC(=O)NCc1ncon1. The number of hydrogen-bond acceptors (Lipinski definition) is 5. The van der Waals surface area contributed by atoms with E-state index >= 15 is 0 Å². The monoisotopic (exact) mass is 183 g/mol. The van der Waals surface area contributed by atoms with Gasteiger partial charge in [-0.05, 0) is 6.92 Å². The smallest absolute Gasteiger partial charge is 0.227 e. The third-order valence-corrected chi connectivity index (χ3v) is 1.26. The average Bonchev–Trinajstić information content (AvgIpc) is 2.51. The fraction of sp³-hybridized carbons (Fsp3) is 0.429. The van der Waals surface area contributed by atoms with Crippen LogP contribution in [0.4, 0.5) is 0 Å². The summed E-state index contributed by atoms with van der Waals surface area (Å²) in [6, 6.07) is 0. The van der Waals surface area contributed by atoms with Crippen LogP contribution in [0.25, 0.3) is 0 Å². The summed E-state index contributed by atoms with van der Waals surface area (Å²) in [6.45, 7) is 1.54. The van der Waals surface area contributed by atoms with E-state index in [4.69, 9.17) is 0 Å². The Morgan fingerprint density at radius 3 is 2.92 bits per heavy atom. The minimum Gasteiger partial charge on any atom is -0.348 e. The summed E-state index contributed by atoms with van der Waals surface area (Å²) in [5.74, 6) is -0.125. The molecule has 1 amide bonds. The van der Waals surface area contributed by atoms with Gasteiger partial charge in [0.15, 0.2) is 5.82 Å². The Balaban J connectivity index is 2.27. The quantitative estimate of drug-likeness (QED) is 0.645. The maximum atomic E-state index is 10.9. The number of ketones is 1. The van der Waals surface area contributed by atoms with E-state index in [9.17, 15) is 9.59 Å². The van der Waals surface area contributed by atoms with Crippen LogP contribution in [-0.4, -0.2) is 21.8 Å². The molecule has 1 rings (SSSR count). The van der Waals surface area contributed by atoms with Crippen molar-refractivity contribution in [1.82, 2.24) is 15.5 Å². The highest BCUT2D eigenvalue weighted by molar-refractivity contribution is 5.96. The molecule has 0 radical (unpaired) electrons. The van der Waals surface area contributed by atoms with Crippen molar-refractivity contribution < 1.29 is 14.1 Å². The molecule has 0 bridgehead atoms. The number of carbonyl (C=O) groups is 2. The lowest BCUT2D eigenvalue weighted by Crippen LogP contribution is -2.24. The molecule has 0 fully saturated rings. The van der Waals surface area contributed by atoms with E-state index in [2.05, 4.69) is 20.0 Å². The highest BCUT2D eigenvalue weighted by Crippen LogP contribution is 1.88. The summed E-state index contributed by atoms with van der Waals surface area (Å²) in [4.78, 5) is 25.1. The van der Waals surface area contributed by atoms with Crippen LogP contribution in [-0.2, 0) is 16.1 Å². The molecule has 0 aliphatic rings. The van der Waals surface area contributed by atoms with Crippen molar-refractivity contribution in [3.8, 4) is 0 Å². The minimum absolute atomic E-state index is 0.113. The molecule has 0 atom stereocenters. The molecule has 1 N–H and O–H groups in total. The predicted molar refractivity (Wildman–Crippen MR) is 41.4 cm³/mol. The number of nitrogens with zero attached hydrogens (tertiary/aromatic N) is 2. The van der Waals surface area contributed by atoms with Crippen molar-refractivity contribution in [2.75, 3.05) is 0 Å². The Morgan fingerprint density at radius 2 is 2.38 bits per heavy atom. The fourth-order valence-corrected chi connectivity index (χ4v) is 0.737. The van der Waals surface area contributed by atoms with Gasteiger partial charge in [-0.1, -0.05) is 5.16 Å². The van der Waals surface area contributed by atoms with Gasteiger partial charge in [-0.25, -0.2) is 0 Å².